The van der Waals surface area contributed by atoms with Crippen LogP contribution in [0.5, 0.6) is 0 Å². The number of aliphatic hydroxyl groups is 1. The summed E-state index contributed by atoms with van der Waals surface area (Å²) in [6.07, 6.45) is 17.1. The van der Waals surface area contributed by atoms with E-state index >= 15 is 0 Å². The van der Waals surface area contributed by atoms with Crippen LogP contribution in [0.2, 0.25) is 0 Å². The second-order valence-electron chi connectivity index (χ2n) is 10.0. The smallest absolute Gasteiger partial charge is 0.268 e. The van der Waals surface area contributed by atoms with Crippen molar-refractivity contribution in [2.24, 2.45) is 0 Å². The minimum atomic E-state index is -4.55. The number of carbonyl (C=O) groups is 1. The van der Waals surface area contributed by atoms with Gasteiger partial charge in [-0.1, -0.05) is 70.3 Å². The van der Waals surface area contributed by atoms with Gasteiger partial charge in [0.15, 0.2) is 0 Å². The topological polar surface area (TPSA) is 108 Å². The van der Waals surface area contributed by atoms with E-state index in [4.69, 9.17) is 9.05 Å². The van der Waals surface area contributed by atoms with Crippen molar-refractivity contribution in [3.05, 3.63) is 24.3 Å². The predicted molar refractivity (Wildman–Crippen MR) is 141 cm³/mol. The maximum absolute atomic E-state index is 12.4. The highest BCUT2D eigenvalue weighted by Gasteiger charge is 2.23. The molecule has 1 amide bonds. The molecule has 35 heavy (non-hydrogen) atoms. The number of amides is 1. The van der Waals surface area contributed by atoms with E-state index in [2.05, 4.69) is 31.3 Å². The number of unbranched alkanes of at least 4 members (excludes halogenated alkanes) is 7. The fourth-order valence-electron chi connectivity index (χ4n) is 3.16. The van der Waals surface area contributed by atoms with Gasteiger partial charge < -0.3 is 28.8 Å². The van der Waals surface area contributed by atoms with Crippen molar-refractivity contribution < 1.29 is 32.9 Å². The van der Waals surface area contributed by atoms with Crippen LogP contribution >= 0.6 is 7.82 Å². The molecule has 0 saturated heterocycles. The number of phosphoric ester groups is 1. The average molecular weight is 519 g/mol. The van der Waals surface area contributed by atoms with Gasteiger partial charge in [-0.05, 0) is 32.1 Å². The Labute approximate surface area is 214 Å². The van der Waals surface area contributed by atoms with Crippen LogP contribution in [0.15, 0.2) is 24.3 Å². The number of nitrogens with zero attached hydrogens (tertiary/aromatic N) is 1. The lowest BCUT2D eigenvalue weighted by Crippen LogP contribution is -2.45. The minimum Gasteiger partial charge on any atom is -0.756 e. The van der Waals surface area contributed by atoms with Crippen LogP contribution in [0.25, 0.3) is 0 Å². The Morgan fingerprint density at radius 3 is 2.26 bits per heavy atom. The molecule has 0 aliphatic rings. The van der Waals surface area contributed by atoms with E-state index in [1.807, 2.05) is 27.2 Å². The van der Waals surface area contributed by atoms with Gasteiger partial charge in [0.25, 0.3) is 7.82 Å². The van der Waals surface area contributed by atoms with Crippen molar-refractivity contribution in [1.82, 2.24) is 5.32 Å². The summed E-state index contributed by atoms with van der Waals surface area (Å²) in [6, 6.07) is -0.890. The van der Waals surface area contributed by atoms with Crippen LogP contribution in [0, 0.1) is 0 Å². The number of hydrogen-bond acceptors (Lipinski definition) is 6. The monoisotopic (exact) mass is 518 g/mol. The van der Waals surface area contributed by atoms with Crippen molar-refractivity contribution in [1.29, 1.82) is 0 Å². The van der Waals surface area contributed by atoms with E-state index in [1.165, 1.54) is 19.3 Å². The second-order valence-corrected chi connectivity index (χ2v) is 11.4. The Hall–Kier alpha value is -1.02. The van der Waals surface area contributed by atoms with Gasteiger partial charge in [-0.15, -0.1) is 0 Å². The molecule has 0 bridgehead atoms. The number of rotatable bonds is 22. The molecule has 0 fully saturated rings. The number of quaternary nitrogens is 1. The van der Waals surface area contributed by atoms with E-state index in [1.54, 1.807) is 6.08 Å². The molecule has 206 valence electrons. The summed E-state index contributed by atoms with van der Waals surface area (Å²) in [6.45, 7) is 4.37. The van der Waals surface area contributed by atoms with Gasteiger partial charge in [0, 0.05) is 6.42 Å². The molecular formula is C26H51N2O6P. The molecule has 0 aromatic heterocycles. The molecule has 0 aromatic rings. The van der Waals surface area contributed by atoms with Crippen LogP contribution in [-0.2, 0) is 18.4 Å². The van der Waals surface area contributed by atoms with Crippen LogP contribution in [-0.4, -0.2) is 68.5 Å². The first-order valence-corrected chi connectivity index (χ1v) is 14.7. The maximum Gasteiger partial charge on any atom is 0.268 e. The molecule has 0 aliphatic heterocycles. The number of phosphoric acid groups is 1. The molecule has 0 aromatic carbocycles. The zero-order valence-corrected chi connectivity index (χ0v) is 23.6. The van der Waals surface area contributed by atoms with Gasteiger partial charge in [0.2, 0.25) is 5.91 Å². The van der Waals surface area contributed by atoms with E-state index in [9.17, 15) is 19.4 Å². The zero-order valence-electron chi connectivity index (χ0n) is 22.7. The molecule has 2 N–H and O–H groups in total. The SMILES string of the molecule is CCCCC/C=C/CC/C=C/C(O)C(COP(=O)([O-])OCC[N+](C)(C)C)NC(=O)CCCCCC. The van der Waals surface area contributed by atoms with Gasteiger partial charge in [0.05, 0.1) is 39.9 Å². The molecule has 0 saturated carbocycles. The third-order valence-corrected chi connectivity index (χ3v) is 6.38. The molecule has 3 atom stereocenters. The van der Waals surface area contributed by atoms with Crippen molar-refractivity contribution in [3.8, 4) is 0 Å². The van der Waals surface area contributed by atoms with E-state index in [0.717, 1.165) is 44.9 Å². The first-order chi connectivity index (χ1) is 16.5. The fourth-order valence-corrected chi connectivity index (χ4v) is 3.89. The summed E-state index contributed by atoms with van der Waals surface area (Å²) in [7, 11) is 1.23. The Bertz CT molecular complexity index is 648. The number of allylic oxidation sites excluding steroid dienone is 3. The summed E-state index contributed by atoms with van der Waals surface area (Å²) < 4.78 is 22.7. The van der Waals surface area contributed by atoms with Gasteiger partial charge >= 0.3 is 0 Å². The van der Waals surface area contributed by atoms with Crippen LogP contribution < -0.4 is 10.2 Å². The fraction of sp³-hybridized carbons (Fsp3) is 0.808. The number of aliphatic hydroxyl groups excluding tert-OH is 1. The molecular weight excluding hydrogens is 467 g/mol. The first-order valence-electron chi connectivity index (χ1n) is 13.2. The number of likely N-dealkylation sites (N-methyl/N-ethyl adjacent to an activating group) is 1. The first kappa shape index (κ1) is 34.0. The number of hydrogen-bond donors (Lipinski definition) is 2. The van der Waals surface area contributed by atoms with Crippen molar-refractivity contribution in [3.63, 3.8) is 0 Å². The number of carbonyl (C=O) groups excluding carboxylic acids is 1. The quantitative estimate of drug-likeness (QED) is 0.0947. The normalized spacial score (nSPS) is 16.0. The Morgan fingerprint density at radius 2 is 1.60 bits per heavy atom. The molecule has 0 radical (unpaired) electrons. The average Bonchev–Trinajstić information content (AvgIpc) is 2.77. The number of nitrogens with one attached hydrogen (secondary N) is 1. The lowest BCUT2D eigenvalue weighted by Gasteiger charge is -2.29. The molecule has 0 aliphatic carbocycles. The van der Waals surface area contributed by atoms with Gasteiger partial charge in [-0.3, -0.25) is 9.36 Å². The summed E-state index contributed by atoms with van der Waals surface area (Å²) in [5.74, 6) is -0.233. The maximum atomic E-state index is 12.4. The van der Waals surface area contributed by atoms with Crippen LogP contribution in [0.4, 0.5) is 0 Å². The molecule has 0 spiro atoms. The van der Waals surface area contributed by atoms with Gasteiger partial charge in [-0.2, -0.15) is 0 Å². The van der Waals surface area contributed by atoms with Crippen molar-refractivity contribution >= 4 is 13.7 Å². The zero-order chi connectivity index (χ0) is 26.6. The second kappa shape index (κ2) is 20.1. The van der Waals surface area contributed by atoms with Crippen LogP contribution in [0.1, 0.15) is 84.5 Å². The Kier molecular flexibility index (Phi) is 19.5. The van der Waals surface area contributed by atoms with E-state index in [0.29, 0.717) is 17.4 Å². The Morgan fingerprint density at radius 1 is 0.971 bits per heavy atom. The van der Waals surface area contributed by atoms with E-state index < -0.39 is 26.6 Å². The molecule has 0 heterocycles. The summed E-state index contributed by atoms with van der Waals surface area (Å²) >= 11 is 0. The summed E-state index contributed by atoms with van der Waals surface area (Å²) in [5, 5.41) is 13.3. The molecule has 3 unspecified atom stereocenters. The van der Waals surface area contributed by atoms with Crippen molar-refractivity contribution in [2.45, 2.75) is 96.6 Å². The molecule has 9 heteroatoms. The van der Waals surface area contributed by atoms with Gasteiger partial charge in [-0.25, -0.2) is 0 Å². The minimum absolute atomic E-state index is 0.00679. The highest BCUT2D eigenvalue weighted by molar-refractivity contribution is 7.45. The largest absolute Gasteiger partial charge is 0.756 e. The predicted octanol–water partition coefficient (Wildman–Crippen LogP) is 4.48. The third-order valence-electron chi connectivity index (χ3n) is 5.41. The molecule has 0 rings (SSSR count). The van der Waals surface area contributed by atoms with Gasteiger partial charge in [0.1, 0.15) is 13.2 Å². The highest BCUT2D eigenvalue weighted by Crippen LogP contribution is 2.38. The Balaban J connectivity index is 4.80. The van der Waals surface area contributed by atoms with Crippen molar-refractivity contribution in [2.75, 3.05) is 40.9 Å². The lowest BCUT2D eigenvalue weighted by atomic mass is 10.1. The summed E-state index contributed by atoms with van der Waals surface area (Å²) in [5.41, 5.74) is 0. The lowest BCUT2D eigenvalue weighted by molar-refractivity contribution is -0.870. The molecule has 8 nitrogen and oxygen atoms in total. The van der Waals surface area contributed by atoms with E-state index in [-0.39, 0.29) is 12.5 Å². The summed E-state index contributed by atoms with van der Waals surface area (Å²) in [4.78, 5) is 24.5. The van der Waals surface area contributed by atoms with Crippen LogP contribution in [0.3, 0.4) is 0 Å². The third kappa shape index (κ3) is 21.9. The highest BCUT2D eigenvalue weighted by atomic mass is 31.2. The standard InChI is InChI=1S/C26H51N2O6P/c1-6-8-10-12-13-14-15-16-17-19-25(29)24(27-26(30)20-18-11-9-7-2)23-34-35(31,32)33-22-21-28(3,4)5/h13-14,17,19,24-25,29H,6-12,15-16,18,20-23H2,1-5H3,(H-,27,30,31,32)/b14-13+,19-17+.